The first kappa shape index (κ1) is 12.3. The number of nitrogens with zero attached hydrogens (tertiary/aromatic N) is 1. The molecule has 0 radical (unpaired) electrons. The zero-order valence-electron chi connectivity index (χ0n) is 10.7. The molecule has 1 saturated heterocycles. The Morgan fingerprint density at radius 3 is 2.56 bits per heavy atom. The first-order valence-corrected chi connectivity index (χ1v) is 6.81. The Balaban J connectivity index is 1.52. The summed E-state index contributed by atoms with van der Waals surface area (Å²) >= 11 is 0. The second kappa shape index (κ2) is 5.99. The Bertz CT molecular complexity index is 196. The summed E-state index contributed by atoms with van der Waals surface area (Å²) in [5, 5.41) is 3.69. The van der Waals surface area contributed by atoms with E-state index in [1.807, 2.05) is 0 Å². The van der Waals surface area contributed by atoms with E-state index in [-0.39, 0.29) is 0 Å². The molecule has 3 nitrogen and oxygen atoms in total. The maximum Gasteiger partial charge on any atom is 0.0604 e. The highest BCUT2D eigenvalue weighted by molar-refractivity contribution is 4.87. The van der Waals surface area contributed by atoms with Crippen LogP contribution in [0.2, 0.25) is 0 Å². The quantitative estimate of drug-likeness (QED) is 0.768. The predicted molar refractivity (Wildman–Crippen MR) is 66.7 cm³/mol. The van der Waals surface area contributed by atoms with Crippen LogP contribution in [0.3, 0.4) is 0 Å². The van der Waals surface area contributed by atoms with E-state index in [2.05, 4.69) is 24.2 Å². The molecule has 0 spiro atoms. The summed E-state index contributed by atoms with van der Waals surface area (Å²) in [6.45, 7) is 6.72. The van der Waals surface area contributed by atoms with Crippen LogP contribution >= 0.6 is 0 Å². The van der Waals surface area contributed by atoms with Gasteiger partial charge in [-0.1, -0.05) is 0 Å². The summed E-state index contributed by atoms with van der Waals surface area (Å²) < 4.78 is 5.57. The van der Waals surface area contributed by atoms with E-state index in [1.54, 1.807) is 0 Å². The number of likely N-dealkylation sites (tertiary alicyclic amines) is 1. The number of rotatable bonds is 5. The molecule has 0 aromatic heterocycles. The van der Waals surface area contributed by atoms with Crippen molar-refractivity contribution in [3.8, 4) is 0 Å². The fourth-order valence-electron chi connectivity index (χ4n) is 2.70. The molecule has 2 fully saturated rings. The average Bonchev–Trinajstić information content (AvgIpc) is 2.24. The third-order valence-electron chi connectivity index (χ3n) is 4.03. The van der Waals surface area contributed by atoms with Crippen LogP contribution in [0.4, 0.5) is 0 Å². The molecule has 0 aromatic rings. The smallest absolute Gasteiger partial charge is 0.0604 e. The minimum absolute atomic E-state index is 0.542. The van der Waals surface area contributed by atoms with Gasteiger partial charge in [-0.3, -0.25) is 0 Å². The lowest BCUT2D eigenvalue weighted by atomic mass is 9.88. The van der Waals surface area contributed by atoms with E-state index in [0.717, 1.165) is 18.6 Å². The van der Waals surface area contributed by atoms with Crippen molar-refractivity contribution in [1.82, 2.24) is 10.2 Å². The fraction of sp³-hybridized carbons (Fsp3) is 1.00. The van der Waals surface area contributed by atoms with E-state index in [9.17, 15) is 0 Å². The monoisotopic (exact) mass is 226 g/mol. The molecule has 0 unspecified atom stereocenters. The van der Waals surface area contributed by atoms with Crippen molar-refractivity contribution in [2.75, 3.05) is 33.3 Å². The first-order valence-electron chi connectivity index (χ1n) is 6.81. The number of nitrogens with one attached hydrogen (secondary N) is 1. The zero-order chi connectivity index (χ0) is 11.4. The van der Waals surface area contributed by atoms with E-state index < -0.39 is 0 Å². The van der Waals surface area contributed by atoms with Crippen LogP contribution in [0.1, 0.15) is 32.6 Å². The van der Waals surface area contributed by atoms with Crippen molar-refractivity contribution in [2.24, 2.45) is 5.92 Å². The number of piperidine rings is 1. The number of ether oxygens (including phenoxy) is 1. The lowest BCUT2D eigenvalue weighted by Gasteiger charge is -2.37. The Morgan fingerprint density at radius 2 is 1.94 bits per heavy atom. The van der Waals surface area contributed by atoms with Crippen molar-refractivity contribution < 1.29 is 4.74 Å². The van der Waals surface area contributed by atoms with Gasteiger partial charge < -0.3 is 15.0 Å². The van der Waals surface area contributed by atoms with Gasteiger partial charge in [-0.05, 0) is 65.2 Å². The average molecular weight is 226 g/mol. The molecule has 1 aliphatic heterocycles. The van der Waals surface area contributed by atoms with Crippen LogP contribution < -0.4 is 5.32 Å². The van der Waals surface area contributed by atoms with E-state index in [0.29, 0.717) is 6.10 Å². The fourth-order valence-corrected chi connectivity index (χ4v) is 2.70. The highest BCUT2D eigenvalue weighted by Gasteiger charge is 2.29. The summed E-state index contributed by atoms with van der Waals surface area (Å²) in [6, 6.07) is 0.733. The van der Waals surface area contributed by atoms with Crippen LogP contribution in [-0.4, -0.2) is 50.3 Å². The Labute approximate surface area is 99.5 Å². The van der Waals surface area contributed by atoms with Gasteiger partial charge in [-0.25, -0.2) is 0 Å². The second-order valence-electron chi connectivity index (χ2n) is 5.40. The van der Waals surface area contributed by atoms with Gasteiger partial charge in [0.1, 0.15) is 0 Å². The maximum atomic E-state index is 5.57. The summed E-state index contributed by atoms with van der Waals surface area (Å²) in [5.74, 6) is 0.905. The Morgan fingerprint density at radius 1 is 1.25 bits per heavy atom. The number of hydrogen-bond acceptors (Lipinski definition) is 3. The van der Waals surface area contributed by atoms with Crippen molar-refractivity contribution in [3.63, 3.8) is 0 Å². The summed E-state index contributed by atoms with van der Waals surface area (Å²) in [6.07, 6.45) is 5.72. The number of hydrogen-bond donors (Lipinski definition) is 1. The van der Waals surface area contributed by atoms with Crippen LogP contribution in [0, 0.1) is 5.92 Å². The minimum atomic E-state index is 0.542. The minimum Gasteiger partial charge on any atom is -0.378 e. The summed E-state index contributed by atoms with van der Waals surface area (Å²) in [7, 11) is 2.22. The topological polar surface area (TPSA) is 24.5 Å². The van der Waals surface area contributed by atoms with Crippen LogP contribution in [0.15, 0.2) is 0 Å². The Hall–Kier alpha value is -0.120. The predicted octanol–water partition coefficient (Wildman–Crippen LogP) is 1.49. The van der Waals surface area contributed by atoms with Gasteiger partial charge in [-0.2, -0.15) is 0 Å². The molecule has 2 aliphatic rings. The van der Waals surface area contributed by atoms with E-state index >= 15 is 0 Å². The molecule has 1 saturated carbocycles. The molecule has 0 aromatic carbocycles. The third-order valence-corrected chi connectivity index (χ3v) is 4.03. The van der Waals surface area contributed by atoms with Crippen LogP contribution in [0.25, 0.3) is 0 Å². The Kier molecular flexibility index (Phi) is 4.62. The third kappa shape index (κ3) is 3.44. The maximum absolute atomic E-state index is 5.57. The summed E-state index contributed by atoms with van der Waals surface area (Å²) in [4.78, 5) is 2.44. The highest BCUT2D eigenvalue weighted by Crippen LogP contribution is 2.24. The van der Waals surface area contributed by atoms with E-state index in [4.69, 9.17) is 4.74 Å². The standard InChI is InChI=1S/C13H26N2O/c1-3-16-13-8-12(9-13)14-10-11-4-6-15(2)7-5-11/h11-14H,3-10H2,1-2H3. The van der Waals surface area contributed by atoms with Gasteiger partial charge in [-0.15, -0.1) is 0 Å². The normalized spacial score (nSPS) is 32.6. The molecule has 1 aliphatic carbocycles. The van der Waals surface area contributed by atoms with Crippen molar-refractivity contribution in [1.29, 1.82) is 0 Å². The SMILES string of the molecule is CCOC1CC(NCC2CCN(C)CC2)C1. The van der Waals surface area contributed by atoms with Crippen molar-refractivity contribution in [3.05, 3.63) is 0 Å². The van der Waals surface area contributed by atoms with Gasteiger partial charge in [0.25, 0.3) is 0 Å². The molecule has 16 heavy (non-hydrogen) atoms. The molecule has 2 rings (SSSR count). The lowest BCUT2D eigenvalue weighted by molar-refractivity contribution is -0.0110. The van der Waals surface area contributed by atoms with Gasteiger partial charge in [0.05, 0.1) is 6.10 Å². The molecular formula is C13H26N2O. The molecule has 3 heteroatoms. The molecule has 0 atom stereocenters. The first-order chi connectivity index (χ1) is 7.78. The highest BCUT2D eigenvalue weighted by atomic mass is 16.5. The molecular weight excluding hydrogens is 200 g/mol. The van der Waals surface area contributed by atoms with Crippen molar-refractivity contribution >= 4 is 0 Å². The zero-order valence-corrected chi connectivity index (χ0v) is 10.7. The van der Waals surface area contributed by atoms with Gasteiger partial charge in [0, 0.05) is 12.6 Å². The van der Waals surface area contributed by atoms with Crippen LogP contribution in [-0.2, 0) is 4.74 Å². The van der Waals surface area contributed by atoms with Crippen molar-refractivity contribution in [2.45, 2.75) is 44.8 Å². The van der Waals surface area contributed by atoms with E-state index in [1.165, 1.54) is 45.3 Å². The molecule has 1 N–H and O–H groups in total. The van der Waals surface area contributed by atoms with Gasteiger partial charge in [0.15, 0.2) is 0 Å². The van der Waals surface area contributed by atoms with Gasteiger partial charge in [0.2, 0.25) is 0 Å². The molecule has 1 heterocycles. The molecule has 0 bridgehead atoms. The molecule has 0 amide bonds. The lowest BCUT2D eigenvalue weighted by Crippen LogP contribution is -2.47. The van der Waals surface area contributed by atoms with Crippen LogP contribution in [0.5, 0.6) is 0 Å². The second-order valence-corrected chi connectivity index (χ2v) is 5.40. The summed E-state index contributed by atoms with van der Waals surface area (Å²) in [5.41, 5.74) is 0. The molecule has 94 valence electrons. The largest absolute Gasteiger partial charge is 0.378 e. The van der Waals surface area contributed by atoms with Gasteiger partial charge >= 0.3 is 0 Å².